The number of carbonyl (C=O) groups excluding carboxylic acids is 2. The van der Waals surface area contributed by atoms with E-state index in [4.69, 9.17) is 9.47 Å². The highest BCUT2D eigenvalue weighted by atomic mass is 16.5. The van der Waals surface area contributed by atoms with Crippen molar-refractivity contribution in [2.75, 3.05) is 52.5 Å². The Hall–Kier alpha value is -1.40. The van der Waals surface area contributed by atoms with Crippen molar-refractivity contribution in [1.82, 2.24) is 0 Å². The molecule has 2 aliphatic heterocycles. The summed E-state index contributed by atoms with van der Waals surface area (Å²) in [5.74, 6) is 0.247. The molecule has 31 heavy (non-hydrogen) atoms. The Morgan fingerprint density at radius 1 is 0.871 bits per heavy atom. The first-order valence-electron chi connectivity index (χ1n) is 12.5. The predicted octanol–water partition coefficient (Wildman–Crippen LogP) is 0.819. The summed E-state index contributed by atoms with van der Waals surface area (Å²) in [6.45, 7) is 12.3. The molecule has 0 radical (unpaired) electrons. The van der Waals surface area contributed by atoms with Crippen LogP contribution in [0.4, 0.5) is 0 Å². The Morgan fingerprint density at radius 2 is 1.32 bits per heavy atom. The third-order valence-corrected chi connectivity index (χ3v) is 7.96. The van der Waals surface area contributed by atoms with Gasteiger partial charge in [0.05, 0.1) is 26.2 Å². The number of esters is 2. The van der Waals surface area contributed by atoms with Gasteiger partial charge in [-0.2, -0.15) is 0 Å². The standard InChI is InChI=1S/C25H42N2O4/c1-20-14-21(2)25(22(3)15-20,18-30-23(28)16-26-10-6-4-7-11-26)19-31-24(29)17-27-12-8-5-9-13-27/h14,21-22H,4-13,15-19H2,1-3H3/p+2/t21-,22+/m0/s1. The first-order chi connectivity index (χ1) is 14.9. The van der Waals surface area contributed by atoms with Crippen LogP contribution >= 0.6 is 0 Å². The molecule has 0 amide bonds. The maximum Gasteiger partial charge on any atom is 0.361 e. The molecule has 0 aromatic heterocycles. The van der Waals surface area contributed by atoms with Crippen molar-refractivity contribution in [3.8, 4) is 0 Å². The number of piperidine rings is 2. The molecule has 3 rings (SSSR count). The molecule has 0 saturated carbocycles. The summed E-state index contributed by atoms with van der Waals surface area (Å²) in [6, 6.07) is 0. The lowest BCUT2D eigenvalue weighted by Crippen LogP contribution is -3.13. The molecule has 176 valence electrons. The van der Waals surface area contributed by atoms with Crippen LogP contribution in [-0.2, 0) is 19.1 Å². The number of rotatable bonds is 8. The number of hydrogen-bond acceptors (Lipinski definition) is 4. The largest absolute Gasteiger partial charge is 0.461 e. The number of hydrogen-bond donors (Lipinski definition) is 2. The molecular formula is C25H44N2O4+2. The lowest BCUT2D eigenvalue weighted by Gasteiger charge is -2.45. The SMILES string of the molecule is CC1=C[C@H](C)C(COC(=O)C[NH+]2CCCCC2)(COC(=O)C[NH+]2CCCCC2)[C@H](C)C1. The Kier molecular flexibility index (Phi) is 8.96. The molecular weight excluding hydrogens is 392 g/mol. The molecule has 6 nitrogen and oxygen atoms in total. The molecule has 2 saturated heterocycles. The molecule has 0 aromatic carbocycles. The summed E-state index contributed by atoms with van der Waals surface area (Å²) in [5, 5.41) is 0. The summed E-state index contributed by atoms with van der Waals surface area (Å²) >= 11 is 0. The molecule has 6 heteroatoms. The molecule has 2 atom stereocenters. The highest BCUT2D eigenvalue weighted by Crippen LogP contribution is 2.45. The van der Waals surface area contributed by atoms with Crippen LogP contribution in [0.2, 0.25) is 0 Å². The van der Waals surface area contributed by atoms with Crippen molar-refractivity contribution in [2.45, 2.75) is 65.7 Å². The molecule has 2 N–H and O–H groups in total. The van der Waals surface area contributed by atoms with E-state index < -0.39 is 0 Å². The van der Waals surface area contributed by atoms with E-state index in [1.54, 1.807) is 0 Å². The van der Waals surface area contributed by atoms with Gasteiger partial charge in [0.2, 0.25) is 0 Å². The lowest BCUT2D eigenvalue weighted by atomic mass is 9.63. The highest BCUT2D eigenvalue weighted by Gasteiger charge is 2.45. The minimum absolute atomic E-state index is 0.119. The summed E-state index contributed by atoms with van der Waals surface area (Å²) in [7, 11) is 0. The predicted molar refractivity (Wildman–Crippen MR) is 120 cm³/mol. The molecule has 0 unspecified atom stereocenters. The quantitative estimate of drug-likeness (QED) is 0.437. The number of likely N-dealkylation sites (tertiary alicyclic amines) is 2. The molecule has 3 aliphatic rings. The van der Waals surface area contributed by atoms with Crippen LogP contribution in [0.1, 0.15) is 65.7 Å². The van der Waals surface area contributed by atoms with E-state index in [2.05, 4.69) is 26.8 Å². The molecule has 2 heterocycles. The first-order valence-corrected chi connectivity index (χ1v) is 12.5. The van der Waals surface area contributed by atoms with Gasteiger partial charge in [0.25, 0.3) is 0 Å². The summed E-state index contributed by atoms with van der Waals surface area (Å²) in [5.41, 5.74) is 1.02. The van der Waals surface area contributed by atoms with Gasteiger partial charge >= 0.3 is 11.9 Å². The lowest BCUT2D eigenvalue weighted by molar-refractivity contribution is -0.897. The van der Waals surface area contributed by atoms with Crippen LogP contribution in [0.5, 0.6) is 0 Å². The zero-order chi connectivity index (χ0) is 22.3. The van der Waals surface area contributed by atoms with Crippen LogP contribution in [0.25, 0.3) is 0 Å². The highest BCUT2D eigenvalue weighted by molar-refractivity contribution is 5.71. The van der Waals surface area contributed by atoms with Crippen LogP contribution in [-0.4, -0.2) is 64.4 Å². The number of carbonyl (C=O) groups is 2. The van der Waals surface area contributed by atoms with Gasteiger partial charge in [-0.05, 0) is 63.7 Å². The van der Waals surface area contributed by atoms with Crippen LogP contribution < -0.4 is 9.80 Å². The van der Waals surface area contributed by atoms with E-state index in [0.29, 0.717) is 26.3 Å². The van der Waals surface area contributed by atoms with Crippen molar-refractivity contribution in [1.29, 1.82) is 0 Å². The van der Waals surface area contributed by atoms with E-state index in [9.17, 15) is 9.59 Å². The normalized spacial score (nSPS) is 27.4. The van der Waals surface area contributed by atoms with E-state index in [1.807, 2.05) is 0 Å². The van der Waals surface area contributed by atoms with Gasteiger partial charge in [-0.25, -0.2) is 9.59 Å². The Bertz CT molecular complexity index is 599. The Labute approximate surface area is 188 Å². The molecule has 1 aliphatic carbocycles. The number of nitrogens with one attached hydrogen (secondary N) is 2. The number of allylic oxidation sites excluding steroid dienone is 2. The molecule has 0 bridgehead atoms. The maximum atomic E-state index is 12.6. The minimum Gasteiger partial charge on any atom is -0.461 e. The van der Waals surface area contributed by atoms with Crippen LogP contribution in [0.3, 0.4) is 0 Å². The maximum absolute atomic E-state index is 12.6. The van der Waals surface area contributed by atoms with Crippen molar-refractivity contribution in [3.63, 3.8) is 0 Å². The fraction of sp³-hybridized carbons (Fsp3) is 0.840. The van der Waals surface area contributed by atoms with Crippen molar-refractivity contribution in [2.24, 2.45) is 17.3 Å². The van der Waals surface area contributed by atoms with Crippen molar-refractivity contribution >= 4 is 11.9 Å². The summed E-state index contributed by atoms with van der Waals surface area (Å²) in [6.07, 6.45) is 10.5. The third-order valence-electron chi connectivity index (χ3n) is 7.96. The average molecular weight is 437 g/mol. The van der Waals surface area contributed by atoms with Crippen LogP contribution in [0, 0.1) is 17.3 Å². The van der Waals surface area contributed by atoms with E-state index in [-0.39, 0.29) is 29.2 Å². The third kappa shape index (κ3) is 6.79. The molecule has 2 fully saturated rings. The average Bonchev–Trinajstić information content (AvgIpc) is 2.74. The second kappa shape index (κ2) is 11.5. The van der Waals surface area contributed by atoms with Gasteiger partial charge in [-0.3, -0.25) is 0 Å². The van der Waals surface area contributed by atoms with Gasteiger partial charge in [-0.1, -0.05) is 25.5 Å². The van der Waals surface area contributed by atoms with Crippen LogP contribution in [0.15, 0.2) is 11.6 Å². The zero-order valence-electron chi connectivity index (χ0n) is 20.0. The zero-order valence-corrected chi connectivity index (χ0v) is 20.0. The van der Waals surface area contributed by atoms with E-state index in [0.717, 1.165) is 32.6 Å². The fourth-order valence-corrected chi connectivity index (χ4v) is 5.78. The van der Waals surface area contributed by atoms with Crippen molar-refractivity contribution < 1.29 is 28.9 Å². The molecule has 0 spiro atoms. The van der Waals surface area contributed by atoms with Gasteiger partial charge in [-0.15, -0.1) is 0 Å². The number of ether oxygens (including phenoxy) is 2. The second-order valence-electron chi connectivity index (χ2n) is 10.4. The summed E-state index contributed by atoms with van der Waals surface area (Å²) < 4.78 is 11.7. The minimum atomic E-state index is -0.348. The smallest absolute Gasteiger partial charge is 0.361 e. The summed E-state index contributed by atoms with van der Waals surface area (Å²) in [4.78, 5) is 27.9. The second-order valence-corrected chi connectivity index (χ2v) is 10.4. The van der Waals surface area contributed by atoms with Gasteiger partial charge in [0, 0.05) is 5.41 Å². The van der Waals surface area contributed by atoms with E-state index >= 15 is 0 Å². The van der Waals surface area contributed by atoms with Gasteiger partial charge < -0.3 is 19.3 Å². The van der Waals surface area contributed by atoms with Gasteiger partial charge in [0.15, 0.2) is 13.1 Å². The first kappa shape index (κ1) is 24.2. The number of quaternary nitrogens is 2. The van der Waals surface area contributed by atoms with Gasteiger partial charge in [0.1, 0.15) is 13.2 Å². The fourth-order valence-electron chi connectivity index (χ4n) is 5.78. The Morgan fingerprint density at radius 3 is 1.74 bits per heavy atom. The monoisotopic (exact) mass is 436 g/mol. The molecule has 0 aromatic rings. The Balaban J connectivity index is 1.58. The van der Waals surface area contributed by atoms with Crippen molar-refractivity contribution in [3.05, 3.63) is 11.6 Å². The topological polar surface area (TPSA) is 61.5 Å². The van der Waals surface area contributed by atoms with E-state index in [1.165, 1.54) is 53.9 Å².